The zero-order valence-corrected chi connectivity index (χ0v) is 14.0. The highest BCUT2D eigenvalue weighted by Crippen LogP contribution is 2.61. The molecular weight excluding hydrogens is 297 g/mol. The van der Waals surface area contributed by atoms with E-state index in [2.05, 4.69) is 12.2 Å². The van der Waals surface area contributed by atoms with Crippen LogP contribution in [-0.2, 0) is 6.54 Å². The Morgan fingerprint density at radius 3 is 2.32 bits per heavy atom. The lowest BCUT2D eigenvalue weighted by Crippen LogP contribution is -2.54. The van der Waals surface area contributed by atoms with E-state index in [9.17, 15) is 4.39 Å². The molecule has 4 fully saturated rings. The molecule has 4 aliphatic rings. The van der Waals surface area contributed by atoms with Gasteiger partial charge in [0, 0.05) is 23.2 Å². The molecule has 4 saturated carbocycles. The third kappa shape index (κ3) is 2.49. The first-order valence-electron chi connectivity index (χ1n) is 8.72. The van der Waals surface area contributed by atoms with Crippen molar-refractivity contribution in [2.75, 3.05) is 0 Å². The van der Waals surface area contributed by atoms with E-state index in [1.54, 1.807) is 12.1 Å². The molecule has 0 saturated heterocycles. The highest BCUT2D eigenvalue weighted by molar-refractivity contribution is 6.31. The molecule has 0 radical (unpaired) electrons. The minimum Gasteiger partial charge on any atom is -0.309 e. The van der Waals surface area contributed by atoms with Gasteiger partial charge in [-0.15, -0.1) is 0 Å². The average molecular weight is 322 g/mol. The Labute approximate surface area is 137 Å². The third-order valence-electron chi connectivity index (χ3n) is 6.65. The highest BCUT2D eigenvalue weighted by Gasteiger charge is 2.52. The van der Waals surface area contributed by atoms with E-state index in [0.29, 0.717) is 28.6 Å². The summed E-state index contributed by atoms with van der Waals surface area (Å²) in [4.78, 5) is 0. The lowest BCUT2D eigenvalue weighted by Gasteiger charge is -2.59. The Hall–Kier alpha value is -0.600. The fourth-order valence-corrected chi connectivity index (χ4v) is 6.11. The maximum absolute atomic E-state index is 13.9. The van der Waals surface area contributed by atoms with Crippen molar-refractivity contribution in [3.63, 3.8) is 0 Å². The Morgan fingerprint density at radius 1 is 1.18 bits per heavy atom. The standard InChI is InChI=1S/C19H25ClFN/c1-12(22-11-16-17(20)3-2-4-18(16)21)19-8-13-5-14(9-19)7-15(6-13)10-19/h2-4,12-15,22H,5-11H2,1H3/t12-,13?,14?,15?,19?/m1/s1. The lowest BCUT2D eigenvalue weighted by atomic mass is 9.48. The molecule has 120 valence electrons. The monoisotopic (exact) mass is 321 g/mol. The summed E-state index contributed by atoms with van der Waals surface area (Å²) in [5.41, 5.74) is 1.06. The first-order chi connectivity index (χ1) is 10.6. The quantitative estimate of drug-likeness (QED) is 0.806. The van der Waals surface area contributed by atoms with Gasteiger partial charge in [0.15, 0.2) is 0 Å². The number of hydrogen-bond donors (Lipinski definition) is 1. The Balaban J connectivity index is 1.47. The minimum atomic E-state index is -0.197. The van der Waals surface area contributed by atoms with Crippen LogP contribution in [0.15, 0.2) is 18.2 Å². The second-order valence-corrected chi connectivity index (χ2v) is 8.49. The van der Waals surface area contributed by atoms with Crippen LogP contribution in [0.2, 0.25) is 5.02 Å². The van der Waals surface area contributed by atoms with Gasteiger partial charge in [-0.25, -0.2) is 4.39 Å². The molecule has 0 spiro atoms. The van der Waals surface area contributed by atoms with Crippen molar-refractivity contribution >= 4 is 11.6 Å². The van der Waals surface area contributed by atoms with Crippen LogP contribution in [0.5, 0.6) is 0 Å². The fraction of sp³-hybridized carbons (Fsp3) is 0.684. The maximum atomic E-state index is 13.9. The summed E-state index contributed by atoms with van der Waals surface area (Å²) in [7, 11) is 0. The van der Waals surface area contributed by atoms with E-state index in [4.69, 9.17) is 11.6 Å². The van der Waals surface area contributed by atoms with E-state index in [1.165, 1.54) is 44.6 Å². The molecule has 1 N–H and O–H groups in total. The molecule has 0 amide bonds. The molecule has 0 aromatic heterocycles. The number of benzene rings is 1. The first kappa shape index (κ1) is 15.0. The molecule has 4 aliphatic carbocycles. The molecule has 1 atom stereocenters. The fourth-order valence-electron chi connectivity index (χ4n) is 5.88. The van der Waals surface area contributed by atoms with E-state index < -0.39 is 0 Å². The van der Waals surface area contributed by atoms with Crippen molar-refractivity contribution < 1.29 is 4.39 Å². The van der Waals surface area contributed by atoms with Crippen LogP contribution in [0.3, 0.4) is 0 Å². The summed E-state index contributed by atoms with van der Waals surface area (Å²) in [5, 5.41) is 4.15. The molecule has 0 unspecified atom stereocenters. The van der Waals surface area contributed by atoms with Crippen molar-refractivity contribution in [3.8, 4) is 0 Å². The summed E-state index contributed by atoms with van der Waals surface area (Å²) in [6, 6.07) is 5.38. The van der Waals surface area contributed by atoms with E-state index in [0.717, 1.165) is 17.8 Å². The molecule has 5 rings (SSSR count). The van der Waals surface area contributed by atoms with Crippen molar-refractivity contribution in [1.29, 1.82) is 0 Å². The minimum absolute atomic E-state index is 0.197. The van der Waals surface area contributed by atoms with Gasteiger partial charge in [0.05, 0.1) is 0 Å². The van der Waals surface area contributed by atoms with Gasteiger partial charge >= 0.3 is 0 Å². The zero-order valence-electron chi connectivity index (χ0n) is 13.2. The van der Waals surface area contributed by atoms with Gasteiger partial charge in [0.25, 0.3) is 0 Å². The smallest absolute Gasteiger partial charge is 0.129 e. The van der Waals surface area contributed by atoms with Gasteiger partial charge in [-0.05, 0) is 80.8 Å². The molecule has 1 aromatic rings. The first-order valence-corrected chi connectivity index (χ1v) is 9.10. The molecule has 0 heterocycles. The van der Waals surface area contributed by atoms with Crippen LogP contribution in [0.4, 0.5) is 4.39 Å². The van der Waals surface area contributed by atoms with Crippen LogP contribution in [0, 0.1) is 29.0 Å². The third-order valence-corrected chi connectivity index (χ3v) is 7.00. The van der Waals surface area contributed by atoms with Gasteiger partial charge in [0.2, 0.25) is 0 Å². The van der Waals surface area contributed by atoms with Crippen LogP contribution < -0.4 is 5.32 Å². The topological polar surface area (TPSA) is 12.0 Å². The molecule has 0 aliphatic heterocycles. The predicted molar refractivity (Wildman–Crippen MR) is 88.3 cm³/mol. The van der Waals surface area contributed by atoms with Crippen LogP contribution >= 0.6 is 11.6 Å². The molecule has 1 nitrogen and oxygen atoms in total. The van der Waals surface area contributed by atoms with Crippen molar-refractivity contribution in [2.24, 2.45) is 23.2 Å². The van der Waals surface area contributed by atoms with E-state index in [-0.39, 0.29) is 5.82 Å². The largest absolute Gasteiger partial charge is 0.309 e. The van der Waals surface area contributed by atoms with Crippen LogP contribution in [0.25, 0.3) is 0 Å². The van der Waals surface area contributed by atoms with Crippen LogP contribution in [-0.4, -0.2) is 6.04 Å². The molecule has 3 heteroatoms. The van der Waals surface area contributed by atoms with Gasteiger partial charge in [-0.1, -0.05) is 17.7 Å². The number of hydrogen-bond acceptors (Lipinski definition) is 1. The summed E-state index contributed by atoms with van der Waals surface area (Å²) in [5.74, 6) is 2.66. The zero-order chi connectivity index (χ0) is 15.3. The molecular formula is C19H25ClFN. The molecule has 22 heavy (non-hydrogen) atoms. The second kappa shape index (κ2) is 5.49. The summed E-state index contributed by atoms with van der Waals surface area (Å²) in [6.45, 7) is 2.84. The van der Waals surface area contributed by atoms with Gasteiger partial charge in [-0.3, -0.25) is 0 Å². The highest BCUT2D eigenvalue weighted by atomic mass is 35.5. The summed E-state index contributed by atoms with van der Waals surface area (Å²) >= 11 is 6.15. The SMILES string of the molecule is C[C@@H](NCc1c(F)cccc1Cl)C12CC3CC(CC(C3)C1)C2. The summed E-state index contributed by atoms with van der Waals surface area (Å²) < 4.78 is 13.9. The van der Waals surface area contributed by atoms with Crippen molar-refractivity contribution in [1.82, 2.24) is 5.32 Å². The normalized spacial score (nSPS) is 37.5. The maximum Gasteiger partial charge on any atom is 0.129 e. The number of nitrogens with one attached hydrogen (secondary N) is 1. The predicted octanol–water partition coefficient (Wildman–Crippen LogP) is 5.17. The van der Waals surface area contributed by atoms with Gasteiger partial charge < -0.3 is 5.32 Å². The lowest BCUT2D eigenvalue weighted by molar-refractivity contribution is -0.0707. The molecule has 4 bridgehead atoms. The second-order valence-electron chi connectivity index (χ2n) is 8.08. The Kier molecular flexibility index (Phi) is 3.73. The summed E-state index contributed by atoms with van der Waals surface area (Å²) in [6.07, 6.45) is 8.51. The van der Waals surface area contributed by atoms with E-state index >= 15 is 0 Å². The van der Waals surface area contributed by atoms with Gasteiger partial charge in [-0.2, -0.15) is 0 Å². The molecule has 1 aromatic carbocycles. The van der Waals surface area contributed by atoms with E-state index in [1.807, 2.05) is 0 Å². The average Bonchev–Trinajstić information content (AvgIpc) is 2.45. The Morgan fingerprint density at radius 2 is 1.77 bits per heavy atom. The van der Waals surface area contributed by atoms with Crippen LogP contribution in [0.1, 0.15) is 51.0 Å². The van der Waals surface area contributed by atoms with Crippen molar-refractivity contribution in [3.05, 3.63) is 34.6 Å². The number of rotatable bonds is 4. The van der Waals surface area contributed by atoms with Crippen molar-refractivity contribution in [2.45, 2.75) is 58.0 Å². The Bertz CT molecular complexity index is 515. The number of halogens is 2. The van der Waals surface area contributed by atoms with Gasteiger partial charge in [0.1, 0.15) is 5.82 Å².